The number of aryl methyl sites for hydroxylation is 3. The molecule has 0 radical (unpaired) electrons. The fourth-order valence-electron chi connectivity index (χ4n) is 5.86. The first-order valence-corrected chi connectivity index (χ1v) is 17.0. The van der Waals surface area contributed by atoms with Crippen LogP contribution in [0.5, 0.6) is 0 Å². The SMILES string of the molecule is [C-]#[N+]c1ccc2c(oc3c(-c4cc([Si](C)(C)C)c5ccc(CC(C)(C)C)cc5[n+]4C)c(C)c(C)cc32)c1C. The molecule has 0 saturated carbocycles. The van der Waals surface area contributed by atoms with Gasteiger partial charge in [-0.15, -0.1) is 0 Å². The maximum Gasteiger partial charge on any atom is 0.216 e. The molecule has 5 rings (SSSR count). The Labute approximate surface area is 227 Å². The first-order chi connectivity index (χ1) is 17.7. The van der Waals surface area contributed by atoms with Crippen LogP contribution < -0.4 is 9.75 Å². The topological polar surface area (TPSA) is 21.4 Å². The lowest BCUT2D eigenvalue weighted by atomic mass is 9.88. The van der Waals surface area contributed by atoms with Gasteiger partial charge in [0.1, 0.15) is 18.2 Å². The second-order valence-electron chi connectivity index (χ2n) is 13.2. The Morgan fingerprint density at radius 2 is 1.55 bits per heavy atom. The normalized spacial score (nSPS) is 12.6. The molecule has 0 aliphatic carbocycles. The minimum atomic E-state index is -1.68. The van der Waals surface area contributed by atoms with Gasteiger partial charge in [0.15, 0.2) is 5.69 Å². The lowest BCUT2D eigenvalue weighted by molar-refractivity contribution is -0.633. The lowest BCUT2D eigenvalue weighted by Crippen LogP contribution is -2.43. The van der Waals surface area contributed by atoms with Crippen molar-refractivity contribution in [2.24, 2.45) is 12.5 Å². The Morgan fingerprint density at radius 3 is 2.18 bits per heavy atom. The van der Waals surface area contributed by atoms with Crippen molar-refractivity contribution in [3.05, 3.63) is 76.1 Å². The molecular weight excluding hydrogens is 480 g/mol. The van der Waals surface area contributed by atoms with Crippen molar-refractivity contribution >= 4 is 51.8 Å². The molecule has 194 valence electrons. The van der Waals surface area contributed by atoms with E-state index in [1.54, 1.807) is 0 Å². The van der Waals surface area contributed by atoms with Crippen LogP contribution in [0.25, 0.3) is 48.9 Å². The van der Waals surface area contributed by atoms with E-state index in [9.17, 15) is 0 Å². The van der Waals surface area contributed by atoms with E-state index in [0.29, 0.717) is 5.69 Å². The number of nitrogens with zero attached hydrogens (tertiary/aromatic N) is 2. The summed E-state index contributed by atoms with van der Waals surface area (Å²) in [5.74, 6) is 0. The van der Waals surface area contributed by atoms with Crippen LogP contribution in [0.4, 0.5) is 5.69 Å². The third-order valence-corrected chi connectivity index (χ3v) is 9.98. The molecule has 0 fully saturated rings. The van der Waals surface area contributed by atoms with Gasteiger partial charge in [0.05, 0.1) is 20.2 Å². The first-order valence-electron chi connectivity index (χ1n) is 13.5. The summed E-state index contributed by atoms with van der Waals surface area (Å²) in [6.07, 6.45) is 1.04. The van der Waals surface area contributed by atoms with Gasteiger partial charge in [-0.1, -0.05) is 58.6 Å². The van der Waals surface area contributed by atoms with E-state index in [4.69, 9.17) is 11.0 Å². The molecule has 0 atom stereocenters. The smallest absolute Gasteiger partial charge is 0.216 e. The van der Waals surface area contributed by atoms with Crippen LogP contribution in [-0.2, 0) is 13.5 Å². The van der Waals surface area contributed by atoms with Gasteiger partial charge in [0.2, 0.25) is 11.2 Å². The summed E-state index contributed by atoms with van der Waals surface area (Å²) in [5.41, 5.74) is 11.0. The van der Waals surface area contributed by atoms with Gasteiger partial charge in [-0.25, -0.2) is 4.85 Å². The molecule has 4 heteroatoms. The molecule has 0 spiro atoms. The Morgan fingerprint density at radius 1 is 0.868 bits per heavy atom. The number of pyridine rings is 1. The second kappa shape index (κ2) is 8.82. The molecule has 0 aliphatic heterocycles. The van der Waals surface area contributed by atoms with Gasteiger partial charge in [-0.05, 0) is 72.2 Å². The predicted octanol–water partition coefficient (Wildman–Crippen LogP) is 8.84. The van der Waals surface area contributed by atoms with Crippen molar-refractivity contribution < 1.29 is 8.98 Å². The van der Waals surface area contributed by atoms with Crippen molar-refractivity contribution in [1.82, 2.24) is 0 Å². The van der Waals surface area contributed by atoms with Gasteiger partial charge in [-0.3, -0.25) is 0 Å². The zero-order chi connectivity index (χ0) is 27.7. The number of hydrogen-bond acceptors (Lipinski definition) is 1. The number of aromatic nitrogens is 1. The summed E-state index contributed by atoms with van der Waals surface area (Å²) >= 11 is 0. The predicted molar refractivity (Wildman–Crippen MR) is 164 cm³/mol. The zero-order valence-corrected chi connectivity index (χ0v) is 25.6. The highest BCUT2D eigenvalue weighted by atomic mass is 28.3. The van der Waals surface area contributed by atoms with Crippen molar-refractivity contribution in [3.8, 4) is 11.3 Å². The standard InChI is InChI=1S/C34H39N2OSi/c1-20-16-26-24-14-15-27(35-7)22(3)32(24)37-33(26)31(21(20)2)29-18-30(38(9,10)11)25-13-12-23(19-34(4,5)6)17-28(25)36(29)8/h12-18H,19H2,1-6,8-11H3/q+1. The monoisotopic (exact) mass is 519 g/mol. The number of furan rings is 1. The second-order valence-corrected chi connectivity index (χ2v) is 18.3. The summed E-state index contributed by atoms with van der Waals surface area (Å²) in [7, 11) is 0.522. The van der Waals surface area contributed by atoms with E-state index in [2.05, 4.69) is 101 Å². The molecular formula is C34H39N2OSi+. The fourth-order valence-corrected chi connectivity index (χ4v) is 7.45. The Hall–Kier alpha value is -3.42. The third kappa shape index (κ3) is 4.24. The molecule has 5 aromatic rings. The molecule has 3 nitrogen and oxygen atoms in total. The highest BCUT2D eigenvalue weighted by molar-refractivity contribution is 6.90. The average molecular weight is 520 g/mol. The molecule has 2 heterocycles. The fraction of sp³-hybridized carbons (Fsp3) is 0.353. The Kier molecular flexibility index (Phi) is 6.08. The molecule has 2 aromatic heterocycles. The van der Waals surface area contributed by atoms with Crippen LogP contribution in [0.3, 0.4) is 0 Å². The highest BCUT2D eigenvalue weighted by Gasteiger charge is 2.30. The Balaban J connectivity index is 1.92. The summed E-state index contributed by atoms with van der Waals surface area (Å²) < 4.78 is 9.06. The summed E-state index contributed by atoms with van der Waals surface area (Å²) in [4.78, 5) is 3.72. The maximum absolute atomic E-state index is 7.58. The molecule has 3 aromatic carbocycles. The summed E-state index contributed by atoms with van der Waals surface area (Å²) in [6.45, 7) is 28.2. The number of fused-ring (bicyclic) bond motifs is 4. The molecule has 0 aliphatic rings. The van der Waals surface area contributed by atoms with Crippen molar-refractivity contribution in [3.63, 3.8) is 0 Å². The quantitative estimate of drug-likeness (QED) is 0.132. The lowest BCUT2D eigenvalue weighted by Gasteiger charge is -2.22. The van der Waals surface area contributed by atoms with Gasteiger partial charge in [0, 0.05) is 28.3 Å². The minimum Gasteiger partial charge on any atom is -0.456 e. The van der Waals surface area contributed by atoms with Crippen molar-refractivity contribution in [2.75, 3.05) is 0 Å². The van der Waals surface area contributed by atoms with E-state index in [1.807, 2.05) is 19.1 Å². The van der Waals surface area contributed by atoms with Crippen LogP contribution >= 0.6 is 0 Å². The maximum atomic E-state index is 7.58. The van der Waals surface area contributed by atoms with E-state index < -0.39 is 8.07 Å². The summed E-state index contributed by atoms with van der Waals surface area (Å²) in [6, 6.07) is 15.7. The number of benzene rings is 3. The van der Waals surface area contributed by atoms with Crippen LogP contribution in [0.15, 0.2) is 46.9 Å². The van der Waals surface area contributed by atoms with Gasteiger partial charge < -0.3 is 4.42 Å². The molecule has 0 N–H and O–H groups in total. The zero-order valence-electron chi connectivity index (χ0n) is 24.6. The molecule has 0 saturated heterocycles. The highest BCUT2D eigenvalue weighted by Crippen LogP contribution is 2.41. The van der Waals surface area contributed by atoms with Gasteiger partial charge in [0.25, 0.3) is 0 Å². The van der Waals surface area contributed by atoms with Crippen LogP contribution in [0.2, 0.25) is 19.6 Å². The van der Waals surface area contributed by atoms with Crippen LogP contribution in [0, 0.1) is 32.8 Å². The third-order valence-electron chi connectivity index (χ3n) is 7.95. The first kappa shape index (κ1) is 26.2. The minimum absolute atomic E-state index is 0.223. The molecule has 0 amide bonds. The largest absolute Gasteiger partial charge is 0.456 e. The van der Waals surface area contributed by atoms with E-state index in [-0.39, 0.29) is 5.41 Å². The number of hydrogen-bond donors (Lipinski definition) is 0. The van der Waals surface area contributed by atoms with Gasteiger partial charge in [-0.2, -0.15) is 4.57 Å². The van der Waals surface area contributed by atoms with Crippen LogP contribution in [0.1, 0.15) is 43.0 Å². The average Bonchev–Trinajstić information content (AvgIpc) is 3.18. The van der Waals surface area contributed by atoms with Gasteiger partial charge >= 0.3 is 0 Å². The van der Waals surface area contributed by atoms with Crippen molar-refractivity contribution in [2.45, 2.75) is 67.6 Å². The molecule has 38 heavy (non-hydrogen) atoms. The van der Waals surface area contributed by atoms with E-state index in [1.165, 1.54) is 38.5 Å². The Bertz CT molecular complexity index is 1800. The summed E-state index contributed by atoms with van der Waals surface area (Å²) in [5, 5.41) is 5.03. The number of rotatable bonds is 3. The van der Waals surface area contributed by atoms with Crippen LogP contribution in [-0.4, -0.2) is 8.07 Å². The van der Waals surface area contributed by atoms with E-state index >= 15 is 0 Å². The molecule has 0 unspecified atom stereocenters. The van der Waals surface area contributed by atoms with E-state index in [0.717, 1.165) is 39.5 Å². The van der Waals surface area contributed by atoms with Crippen molar-refractivity contribution in [1.29, 1.82) is 0 Å². The molecule has 0 bridgehead atoms.